The average Bonchev–Trinajstić information content (AvgIpc) is 2.72. The van der Waals surface area contributed by atoms with Crippen LogP contribution in [0.4, 0.5) is 0 Å². The molecule has 1 unspecified atom stereocenters. The van der Waals surface area contributed by atoms with E-state index in [1.165, 1.54) is 11.3 Å². The van der Waals surface area contributed by atoms with E-state index < -0.39 is 0 Å². The summed E-state index contributed by atoms with van der Waals surface area (Å²) in [6.07, 6.45) is 0.881. The van der Waals surface area contributed by atoms with Crippen molar-refractivity contribution in [2.75, 3.05) is 7.05 Å². The fourth-order valence-electron chi connectivity index (χ4n) is 2.41. The van der Waals surface area contributed by atoms with Crippen LogP contribution >= 0.6 is 47.8 Å². The Morgan fingerprint density at radius 2 is 2.00 bits per heavy atom. The molecule has 0 aliphatic carbocycles. The predicted octanol–water partition coefficient (Wildman–Crippen LogP) is 5.00. The zero-order valence-electron chi connectivity index (χ0n) is 12.3. The van der Waals surface area contributed by atoms with E-state index in [4.69, 9.17) is 0 Å². The number of likely N-dealkylation sites (N-methyl/N-ethyl adjacent to an activating group) is 1. The van der Waals surface area contributed by atoms with Crippen molar-refractivity contribution in [1.82, 2.24) is 15.1 Å². The first-order chi connectivity index (χ1) is 9.97. The lowest BCUT2D eigenvalue weighted by Crippen LogP contribution is -2.21. The second-order valence-corrected chi connectivity index (χ2v) is 7.44. The SMILES string of the molecule is CCn1nc(C)c(Br)c1CC(NC)c1ccc(Br)cc1Br. The lowest BCUT2D eigenvalue weighted by Gasteiger charge is -2.19. The van der Waals surface area contributed by atoms with Gasteiger partial charge in [-0.25, -0.2) is 0 Å². The summed E-state index contributed by atoms with van der Waals surface area (Å²) in [7, 11) is 1.99. The zero-order chi connectivity index (χ0) is 15.6. The van der Waals surface area contributed by atoms with Gasteiger partial charge in [-0.05, 0) is 54.5 Å². The third-order valence-corrected chi connectivity index (χ3v) is 5.75. The molecule has 0 aliphatic rings. The normalized spacial score (nSPS) is 12.7. The van der Waals surface area contributed by atoms with Crippen molar-refractivity contribution in [3.05, 3.63) is 48.6 Å². The molecule has 0 radical (unpaired) electrons. The van der Waals surface area contributed by atoms with Crippen LogP contribution in [-0.2, 0) is 13.0 Å². The number of halogens is 3. The molecule has 2 rings (SSSR count). The van der Waals surface area contributed by atoms with Crippen molar-refractivity contribution in [3.63, 3.8) is 0 Å². The lowest BCUT2D eigenvalue weighted by atomic mass is 10.0. The van der Waals surface area contributed by atoms with Gasteiger partial charge in [0, 0.05) is 28.0 Å². The smallest absolute Gasteiger partial charge is 0.0738 e. The van der Waals surface area contributed by atoms with Gasteiger partial charge in [-0.15, -0.1) is 0 Å². The average molecular weight is 480 g/mol. The van der Waals surface area contributed by atoms with Gasteiger partial charge in [0.25, 0.3) is 0 Å². The van der Waals surface area contributed by atoms with Crippen molar-refractivity contribution in [2.24, 2.45) is 0 Å². The summed E-state index contributed by atoms with van der Waals surface area (Å²) in [5.41, 5.74) is 3.51. The zero-order valence-corrected chi connectivity index (χ0v) is 17.0. The van der Waals surface area contributed by atoms with Crippen molar-refractivity contribution in [1.29, 1.82) is 0 Å². The second kappa shape index (κ2) is 7.40. The molecule has 3 nitrogen and oxygen atoms in total. The Kier molecular flexibility index (Phi) is 6.05. The number of nitrogens with zero attached hydrogens (tertiary/aromatic N) is 2. The van der Waals surface area contributed by atoms with E-state index in [-0.39, 0.29) is 6.04 Å². The molecule has 0 fully saturated rings. The van der Waals surface area contributed by atoms with Gasteiger partial charge < -0.3 is 5.32 Å². The first kappa shape index (κ1) is 17.2. The molecule has 6 heteroatoms. The number of benzene rings is 1. The Morgan fingerprint density at radius 3 is 2.57 bits per heavy atom. The molecule has 1 heterocycles. The summed E-state index contributed by atoms with van der Waals surface area (Å²) in [6, 6.07) is 6.52. The Balaban J connectivity index is 2.35. The molecule has 1 N–H and O–H groups in total. The number of hydrogen-bond donors (Lipinski definition) is 1. The van der Waals surface area contributed by atoms with Crippen molar-refractivity contribution in [2.45, 2.75) is 32.9 Å². The Morgan fingerprint density at radius 1 is 1.29 bits per heavy atom. The molecule has 2 aromatic rings. The molecule has 0 bridgehead atoms. The molecule has 0 saturated heterocycles. The van der Waals surface area contributed by atoms with E-state index in [9.17, 15) is 0 Å². The molecule has 0 amide bonds. The Bertz CT molecular complexity index is 637. The van der Waals surface area contributed by atoms with Crippen LogP contribution in [0.3, 0.4) is 0 Å². The number of nitrogens with one attached hydrogen (secondary N) is 1. The second-order valence-electron chi connectivity index (χ2n) is 4.87. The molecular formula is C15H18Br3N3. The summed E-state index contributed by atoms with van der Waals surface area (Å²) in [6.45, 7) is 5.02. The van der Waals surface area contributed by atoms with Gasteiger partial charge in [-0.1, -0.05) is 37.9 Å². The maximum atomic E-state index is 4.57. The van der Waals surface area contributed by atoms with Gasteiger partial charge in [0.15, 0.2) is 0 Å². The third kappa shape index (κ3) is 3.78. The van der Waals surface area contributed by atoms with E-state index in [0.717, 1.165) is 32.1 Å². The summed E-state index contributed by atoms with van der Waals surface area (Å²) in [5.74, 6) is 0. The van der Waals surface area contributed by atoms with Crippen molar-refractivity contribution >= 4 is 47.8 Å². The lowest BCUT2D eigenvalue weighted by molar-refractivity contribution is 0.538. The van der Waals surface area contributed by atoms with Crippen LogP contribution in [-0.4, -0.2) is 16.8 Å². The fraction of sp³-hybridized carbons (Fsp3) is 0.400. The van der Waals surface area contributed by atoms with Crippen LogP contribution in [0.5, 0.6) is 0 Å². The summed E-state index contributed by atoms with van der Waals surface area (Å²) >= 11 is 10.8. The standard InChI is InChI=1S/C15H18Br3N3/c1-4-21-14(15(18)9(2)20-21)8-13(19-3)11-6-5-10(16)7-12(11)17/h5-7,13,19H,4,8H2,1-3H3. The van der Waals surface area contributed by atoms with E-state index >= 15 is 0 Å². The molecule has 1 atom stereocenters. The maximum absolute atomic E-state index is 4.57. The quantitative estimate of drug-likeness (QED) is 0.653. The molecular weight excluding hydrogens is 462 g/mol. The highest BCUT2D eigenvalue weighted by atomic mass is 79.9. The van der Waals surface area contributed by atoms with Gasteiger partial charge >= 0.3 is 0 Å². The van der Waals surface area contributed by atoms with E-state index in [1.54, 1.807) is 0 Å². The minimum Gasteiger partial charge on any atom is -0.313 e. The van der Waals surface area contributed by atoms with Gasteiger partial charge in [0.2, 0.25) is 0 Å². The molecule has 0 aliphatic heterocycles. The highest BCUT2D eigenvalue weighted by molar-refractivity contribution is 9.11. The largest absolute Gasteiger partial charge is 0.313 e. The van der Waals surface area contributed by atoms with Crippen LogP contribution in [0, 0.1) is 6.92 Å². The van der Waals surface area contributed by atoms with Crippen molar-refractivity contribution in [3.8, 4) is 0 Å². The fourth-order valence-corrected chi connectivity index (χ4v) is 4.18. The monoisotopic (exact) mass is 477 g/mol. The van der Waals surface area contributed by atoms with E-state index in [1.807, 2.05) is 14.0 Å². The van der Waals surface area contributed by atoms with Gasteiger partial charge in [0.05, 0.1) is 15.9 Å². The van der Waals surface area contributed by atoms with Gasteiger partial charge in [0.1, 0.15) is 0 Å². The third-order valence-electron chi connectivity index (χ3n) is 3.54. The van der Waals surface area contributed by atoms with E-state index in [2.05, 4.69) is 88.0 Å². The molecule has 0 spiro atoms. The Hall–Kier alpha value is -0.170. The van der Waals surface area contributed by atoms with Crippen LogP contribution in [0.1, 0.15) is 29.9 Å². The van der Waals surface area contributed by atoms with E-state index in [0.29, 0.717) is 0 Å². The number of hydrogen-bond acceptors (Lipinski definition) is 2. The molecule has 21 heavy (non-hydrogen) atoms. The van der Waals surface area contributed by atoms with Crippen LogP contribution in [0.25, 0.3) is 0 Å². The number of rotatable bonds is 5. The van der Waals surface area contributed by atoms with Crippen molar-refractivity contribution < 1.29 is 0 Å². The summed E-state index contributed by atoms with van der Waals surface area (Å²) < 4.78 is 5.35. The first-order valence-corrected chi connectivity index (χ1v) is 9.19. The number of aryl methyl sites for hydroxylation is 2. The highest BCUT2D eigenvalue weighted by Gasteiger charge is 2.19. The molecule has 1 aromatic carbocycles. The predicted molar refractivity (Wildman–Crippen MR) is 97.7 cm³/mol. The molecule has 0 saturated carbocycles. The van der Waals surface area contributed by atoms with Gasteiger partial charge in [-0.3, -0.25) is 4.68 Å². The highest BCUT2D eigenvalue weighted by Crippen LogP contribution is 2.31. The minimum absolute atomic E-state index is 0.227. The summed E-state index contributed by atoms with van der Waals surface area (Å²) in [4.78, 5) is 0. The minimum atomic E-state index is 0.227. The summed E-state index contributed by atoms with van der Waals surface area (Å²) in [5, 5.41) is 7.98. The molecule has 1 aromatic heterocycles. The molecule has 114 valence electrons. The van der Waals surface area contributed by atoms with Crippen LogP contribution in [0.2, 0.25) is 0 Å². The first-order valence-electron chi connectivity index (χ1n) is 6.81. The number of aromatic nitrogens is 2. The topological polar surface area (TPSA) is 29.9 Å². The van der Waals surface area contributed by atoms with Gasteiger partial charge in [-0.2, -0.15) is 5.10 Å². The Labute approximate surface area is 150 Å². The van der Waals surface area contributed by atoms with Crippen LogP contribution < -0.4 is 5.32 Å². The van der Waals surface area contributed by atoms with Crippen LogP contribution in [0.15, 0.2) is 31.6 Å². The maximum Gasteiger partial charge on any atom is 0.0738 e.